The predicted octanol–water partition coefficient (Wildman–Crippen LogP) is 7.74. The highest BCUT2D eigenvalue weighted by atomic mass is 35.5. The van der Waals surface area contributed by atoms with Gasteiger partial charge in [-0.25, -0.2) is 37.7 Å². The molecule has 0 saturated carbocycles. The van der Waals surface area contributed by atoms with E-state index in [2.05, 4.69) is 20.6 Å². The van der Waals surface area contributed by atoms with Crippen molar-refractivity contribution in [1.29, 1.82) is 0 Å². The molecule has 1 fully saturated rings. The van der Waals surface area contributed by atoms with Crippen LogP contribution in [0, 0.1) is 17.5 Å². The van der Waals surface area contributed by atoms with E-state index in [1.54, 1.807) is 53.4 Å². The van der Waals surface area contributed by atoms with Gasteiger partial charge in [0.25, 0.3) is 0 Å². The Morgan fingerprint density at radius 2 is 1.50 bits per heavy atom. The molecule has 16 nitrogen and oxygen atoms in total. The van der Waals surface area contributed by atoms with E-state index in [0.717, 1.165) is 5.06 Å². The molecule has 5 amide bonds. The zero-order valence-corrected chi connectivity index (χ0v) is 40.3. The summed E-state index contributed by atoms with van der Waals surface area (Å²) in [5.41, 5.74) is 0.876. The molecule has 2 aromatic heterocycles. The van der Waals surface area contributed by atoms with Crippen LogP contribution >= 0.6 is 23.2 Å². The number of amides is 5. The molecule has 368 valence electrons. The normalized spacial score (nSPS) is 14.0. The summed E-state index contributed by atoms with van der Waals surface area (Å²) in [5, 5.41) is 11.7. The van der Waals surface area contributed by atoms with Gasteiger partial charge in [-0.2, -0.15) is 5.06 Å². The van der Waals surface area contributed by atoms with Crippen LogP contribution in [0.3, 0.4) is 0 Å². The van der Waals surface area contributed by atoms with Gasteiger partial charge in [0.2, 0.25) is 11.8 Å². The number of carbonyl (C=O) groups is 4. The van der Waals surface area contributed by atoms with E-state index in [0.29, 0.717) is 45.2 Å². The van der Waals surface area contributed by atoms with Crippen LogP contribution < -0.4 is 15.7 Å². The van der Waals surface area contributed by atoms with Gasteiger partial charge < -0.3 is 19.9 Å². The maximum Gasteiger partial charge on any atom is 0.412 e. The molecule has 0 radical (unpaired) electrons. The lowest BCUT2D eigenvalue weighted by Crippen LogP contribution is -2.63. The van der Waals surface area contributed by atoms with Crippen molar-refractivity contribution in [1.82, 2.24) is 40.0 Å². The first-order chi connectivity index (χ1) is 33.5. The Hall–Kier alpha value is -6.61. The van der Waals surface area contributed by atoms with Crippen LogP contribution in [0.25, 0.3) is 21.5 Å². The monoisotopic (exact) mass is 1000 g/mol. The number of hydrogen-bond donors (Lipinski definition) is 2. The molecule has 0 bridgehead atoms. The molecule has 7 rings (SSSR count). The molecular weight excluding hydrogens is 953 g/mol. The molecule has 6 aromatic rings. The average Bonchev–Trinajstić information content (AvgIpc) is 3.31. The van der Waals surface area contributed by atoms with Crippen LogP contribution in [-0.2, 0) is 32.3 Å². The third-order valence-electron chi connectivity index (χ3n) is 11.5. The molecule has 4 aromatic carbocycles. The number of hydrogen-bond acceptors (Lipinski definition) is 11. The van der Waals surface area contributed by atoms with E-state index in [4.69, 9.17) is 32.8 Å². The molecule has 70 heavy (non-hydrogen) atoms. The van der Waals surface area contributed by atoms with Gasteiger partial charge in [-0.3, -0.25) is 29.7 Å². The minimum atomic E-state index is -0.997. The summed E-state index contributed by atoms with van der Waals surface area (Å²) in [4.78, 5) is 75.9. The zero-order chi connectivity index (χ0) is 50.1. The highest BCUT2D eigenvalue weighted by molar-refractivity contribution is 6.31. The fourth-order valence-electron chi connectivity index (χ4n) is 7.97. The number of urea groups is 1. The Labute approximate surface area is 412 Å². The highest BCUT2D eigenvalue weighted by Crippen LogP contribution is 2.27. The lowest BCUT2D eigenvalue weighted by Gasteiger charge is -2.46. The Kier molecular flexibility index (Phi) is 17.1. The molecule has 0 aliphatic carbocycles. The number of nitrogens with zero attached hydrogens (tertiary/aromatic N) is 8. The number of hydrazine groups is 1. The molecule has 0 spiro atoms. The minimum absolute atomic E-state index is 0.000491. The first kappa shape index (κ1) is 51.2. The maximum absolute atomic E-state index is 14.5. The van der Waals surface area contributed by atoms with Gasteiger partial charge in [0.15, 0.2) is 5.82 Å². The predicted molar refractivity (Wildman–Crippen MR) is 260 cm³/mol. The van der Waals surface area contributed by atoms with Crippen molar-refractivity contribution in [2.24, 2.45) is 0 Å². The van der Waals surface area contributed by atoms with Gasteiger partial charge in [0.05, 0.1) is 30.3 Å². The van der Waals surface area contributed by atoms with E-state index in [1.165, 1.54) is 78.9 Å². The van der Waals surface area contributed by atoms with Gasteiger partial charge in [-0.15, -0.1) is 0 Å². The van der Waals surface area contributed by atoms with Gasteiger partial charge in [0.1, 0.15) is 29.9 Å². The van der Waals surface area contributed by atoms with Gasteiger partial charge in [0, 0.05) is 81.4 Å². The van der Waals surface area contributed by atoms with Crippen LogP contribution in [0.15, 0.2) is 103 Å². The van der Waals surface area contributed by atoms with Crippen molar-refractivity contribution in [3.05, 3.63) is 142 Å². The zero-order valence-electron chi connectivity index (χ0n) is 38.8. The Bertz CT molecular complexity index is 2870. The summed E-state index contributed by atoms with van der Waals surface area (Å²) in [7, 11) is 5.31. The average molecular weight is 1000 g/mol. The van der Waals surface area contributed by atoms with Crippen molar-refractivity contribution in [3.8, 4) is 0 Å². The first-order valence-corrected chi connectivity index (χ1v) is 22.9. The summed E-state index contributed by atoms with van der Waals surface area (Å²) in [6.45, 7) is 1.46. The second-order valence-corrected chi connectivity index (χ2v) is 17.7. The van der Waals surface area contributed by atoms with E-state index in [-0.39, 0.29) is 67.5 Å². The maximum atomic E-state index is 14.5. The fourth-order valence-corrected chi connectivity index (χ4v) is 8.36. The number of carbonyl (C=O) groups excluding carboxylic acids is 4. The van der Waals surface area contributed by atoms with Crippen LogP contribution in [0.2, 0.25) is 10.0 Å². The van der Waals surface area contributed by atoms with Crippen molar-refractivity contribution in [2.75, 3.05) is 77.5 Å². The number of anilines is 2. The largest absolute Gasteiger partial charge is 0.447 e. The van der Waals surface area contributed by atoms with Gasteiger partial charge in [-0.05, 0) is 96.7 Å². The number of benzene rings is 4. The number of piperazine rings is 1. The summed E-state index contributed by atoms with van der Waals surface area (Å²) in [6.07, 6.45) is 2.06. The quantitative estimate of drug-likeness (QED) is 0.0813. The number of likely N-dealkylation sites (N-methyl/N-ethyl adjacent to an activating group) is 2. The number of nitrogens with one attached hydrogen (secondary N) is 2. The van der Waals surface area contributed by atoms with Crippen molar-refractivity contribution < 1.29 is 41.9 Å². The fraction of sp³-hybridized carbons (Fsp3) is 0.306. The topological polar surface area (TPSA) is 156 Å². The number of rotatable bonds is 18. The molecular formula is C49H51Cl2F3N10O6. The van der Waals surface area contributed by atoms with Crippen molar-refractivity contribution >= 4 is 80.3 Å². The summed E-state index contributed by atoms with van der Waals surface area (Å²) < 4.78 is 48.9. The summed E-state index contributed by atoms with van der Waals surface area (Å²) in [5.74, 6) is -2.27. The Balaban J connectivity index is 1.25. The smallest absolute Gasteiger partial charge is 0.412 e. The van der Waals surface area contributed by atoms with Crippen molar-refractivity contribution in [2.45, 2.75) is 32.1 Å². The lowest BCUT2D eigenvalue weighted by molar-refractivity contribution is -0.171. The standard InChI is InChI=1S/C49H51Cl2F3N10O6/c1-31(65)63(62(25-35-8-5-6-10-42(35)50)40(26-59(2)3)29-69-49(68)58-44-20-36-18-38(52)14-12-32(36)22-55-44)41(27-61-17-16-60(4)46(66)28-61)30-70-64(45-21-37-19-39(53)15-13-33(37)23-56-45)48(67)57-24-34-9-7-11-43(54)47(34)51/h5-15,18-23,40-41H,16-17,24-30H2,1-4H3,(H,57,67)(H,55,58,68)/t40-,41-/m0/s1. The molecule has 1 aliphatic heterocycles. The van der Waals surface area contributed by atoms with Gasteiger partial charge >= 0.3 is 12.1 Å². The van der Waals surface area contributed by atoms with Crippen LogP contribution in [0.4, 0.5) is 34.4 Å². The second-order valence-electron chi connectivity index (χ2n) is 17.0. The van der Waals surface area contributed by atoms with Crippen LogP contribution in [-0.4, -0.2) is 138 Å². The van der Waals surface area contributed by atoms with E-state index < -0.39 is 54.2 Å². The first-order valence-electron chi connectivity index (χ1n) is 22.1. The number of ether oxygens (including phenoxy) is 1. The number of aromatic nitrogens is 2. The van der Waals surface area contributed by atoms with E-state index in [9.17, 15) is 32.3 Å². The second kappa shape index (κ2) is 23.3. The third kappa shape index (κ3) is 13.2. The highest BCUT2D eigenvalue weighted by Gasteiger charge is 2.37. The van der Waals surface area contributed by atoms with Gasteiger partial charge in [-0.1, -0.05) is 53.5 Å². The van der Waals surface area contributed by atoms with E-state index >= 15 is 0 Å². The molecule has 3 heterocycles. The SMILES string of the molecule is CC(=O)N([C@H](CON(C(=O)NCc1cccc(F)c1Cl)c1cc2cc(F)ccc2cn1)CN1CCN(C)C(=O)C1)N(Cc1ccccc1Cl)[C@H](COC(=O)Nc1cc2cc(F)ccc2cn1)CN(C)C. The molecule has 2 N–H and O–H groups in total. The Morgan fingerprint density at radius 1 is 0.814 bits per heavy atom. The van der Waals surface area contributed by atoms with E-state index in [1.807, 2.05) is 23.9 Å². The lowest BCUT2D eigenvalue weighted by atomic mass is 10.1. The van der Waals surface area contributed by atoms with Crippen LogP contribution in [0.5, 0.6) is 0 Å². The number of halogens is 5. The third-order valence-corrected chi connectivity index (χ3v) is 12.3. The molecule has 0 unspecified atom stereocenters. The summed E-state index contributed by atoms with van der Waals surface area (Å²) in [6, 6.07) is 19.8. The minimum Gasteiger partial charge on any atom is -0.447 e. The number of hydroxylamine groups is 1. The number of fused-ring (bicyclic) bond motifs is 2. The molecule has 21 heteroatoms. The number of pyridine rings is 2. The molecule has 1 aliphatic rings. The Morgan fingerprint density at radius 3 is 2.19 bits per heavy atom. The van der Waals surface area contributed by atoms with Crippen LogP contribution in [0.1, 0.15) is 18.1 Å². The van der Waals surface area contributed by atoms with Crippen molar-refractivity contribution in [3.63, 3.8) is 0 Å². The molecule has 2 atom stereocenters. The summed E-state index contributed by atoms with van der Waals surface area (Å²) >= 11 is 13.0. The molecule has 1 saturated heterocycles.